The number of amides is 2. The smallest absolute Gasteiger partial charge is 0.352 e. The number of rotatable bonds is 9. The van der Waals surface area contributed by atoms with Gasteiger partial charge in [0, 0.05) is 35.0 Å². The third kappa shape index (κ3) is 6.32. The van der Waals surface area contributed by atoms with Crippen LogP contribution in [0.4, 0.5) is 0 Å². The molecule has 2 aromatic rings. The molecule has 0 unspecified atom stereocenters. The second-order valence-electron chi connectivity index (χ2n) is 8.04. The van der Waals surface area contributed by atoms with Crippen LogP contribution >= 0.6 is 70.5 Å². The lowest BCUT2D eigenvalue weighted by molar-refractivity contribution is -0.684. The first-order chi connectivity index (χ1) is 17.5. The van der Waals surface area contributed by atoms with Crippen LogP contribution in [0.25, 0.3) is 0 Å². The van der Waals surface area contributed by atoms with Gasteiger partial charge in [-0.3, -0.25) is 14.5 Å². The number of fused-ring (bicyclic) bond motifs is 1. The summed E-state index contributed by atoms with van der Waals surface area (Å²) in [5.74, 6) is -1.14. The quantitative estimate of drug-likeness (QED) is 0.128. The minimum Gasteiger partial charge on any atom is -0.477 e. The number of carbonyl (C=O) groups excluding carboxylic acids is 2. The summed E-state index contributed by atoms with van der Waals surface area (Å²) in [7, 11) is 0. The topological polar surface area (TPSA) is 130 Å². The Kier molecular flexibility index (Phi) is 8.87. The fraction of sp³-hybridized carbons (Fsp3) is 0.273. The summed E-state index contributed by atoms with van der Waals surface area (Å²) in [4.78, 5) is 42.8. The SMILES string of the molecule is NC(=O)C[n+]1ccc(SCC2=C(C(=O)O)N3C(=O)[C@H](NC(=S)Cc4nc(Cl)c(Cl)cc4Cl)[C@H]3SC2)cc1. The molecule has 194 valence electrons. The lowest BCUT2D eigenvalue weighted by atomic mass is 10.0. The van der Waals surface area contributed by atoms with Crippen LogP contribution in [0, 0.1) is 0 Å². The molecular formula is C22H19Cl3N5O4S3+. The maximum atomic E-state index is 13.0. The third-order valence-electron chi connectivity index (χ3n) is 5.47. The minimum atomic E-state index is -1.16. The van der Waals surface area contributed by atoms with Gasteiger partial charge >= 0.3 is 5.97 Å². The highest BCUT2D eigenvalue weighted by Gasteiger charge is 2.53. The Morgan fingerprint density at radius 2 is 2.00 bits per heavy atom. The van der Waals surface area contributed by atoms with Crippen LogP contribution in [0.2, 0.25) is 15.2 Å². The average Bonchev–Trinajstić information content (AvgIpc) is 2.84. The molecule has 15 heteroatoms. The zero-order valence-corrected chi connectivity index (χ0v) is 23.5. The fourth-order valence-corrected chi connectivity index (χ4v) is 6.98. The summed E-state index contributed by atoms with van der Waals surface area (Å²) in [6.07, 6.45) is 3.60. The Morgan fingerprint density at radius 3 is 2.65 bits per heavy atom. The summed E-state index contributed by atoms with van der Waals surface area (Å²) >= 11 is 26.4. The highest BCUT2D eigenvalue weighted by molar-refractivity contribution is 8.01. The van der Waals surface area contributed by atoms with E-state index >= 15 is 0 Å². The maximum Gasteiger partial charge on any atom is 0.352 e. The number of pyridine rings is 2. The predicted octanol–water partition coefficient (Wildman–Crippen LogP) is 2.69. The van der Waals surface area contributed by atoms with Crippen LogP contribution in [-0.2, 0) is 27.3 Å². The molecule has 2 aromatic heterocycles. The van der Waals surface area contributed by atoms with Crippen molar-refractivity contribution in [3.05, 3.63) is 62.8 Å². The van der Waals surface area contributed by atoms with Gasteiger partial charge < -0.3 is 16.2 Å². The molecule has 0 saturated carbocycles. The second kappa shape index (κ2) is 11.7. The minimum absolute atomic E-state index is 0.000800. The Bertz CT molecular complexity index is 1330. The van der Waals surface area contributed by atoms with Crippen LogP contribution in [-0.4, -0.2) is 60.7 Å². The van der Waals surface area contributed by atoms with E-state index in [0.717, 1.165) is 4.90 Å². The number of nitrogens with two attached hydrogens (primary N) is 1. The first-order valence-corrected chi connectivity index (χ1v) is 14.2. The molecule has 37 heavy (non-hydrogen) atoms. The number of nitrogens with zero attached hydrogens (tertiary/aromatic N) is 3. The molecule has 2 aliphatic heterocycles. The first kappa shape index (κ1) is 27.9. The number of hydrogen-bond donors (Lipinski definition) is 3. The van der Waals surface area contributed by atoms with Gasteiger partial charge in [0.2, 0.25) is 6.54 Å². The second-order valence-corrected chi connectivity index (χ2v) is 11.9. The number of aliphatic carboxylic acids is 1. The van der Waals surface area contributed by atoms with Gasteiger partial charge in [-0.2, -0.15) is 4.57 Å². The van der Waals surface area contributed by atoms with E-state index in [1.54, 1.807) is 17.0 Å². The van der Waals surface area contributed by atoms with Crippen LogP contribution in [0.3, 0.4) is 0 Å². The Balaban J connectivity index is 1.41. The van der Waals surface area contributed by atoms with Gasteiger partial charge in [0.1, 0.15) is 22.3 Å². The van der Waals surface area contributed by atoms with Gasteiger partial charge in [0.15, 0.2) is 12.4 Å². The van der Waals surface area contributed by atoms with Gasteiger partial charge in [-0.15, -0.1) is 23.5 Å². The maximum absolute atomic E-state index is 13.0. The van der Waals surface area contributed by atoms with Crippen molar-refractivity contribution in [1.82, 2.24) is 15.2 Å². The molecule has 1 fully saturated rings. The number of halogens is 3. The van der Waals surface area contributed by atoms with Gasteiger partial charge in [0.05, 0.1) is 20.7 Å². The number of carboxylic acid groups (broad SMARTS) is 1. The predicted molar refractivity (Wildman–Crippen MR) is 147 cm³/mol. The highest BCUT2D eigenvalue weighted by Crippen LogP contribution is 2.41. The average molecular weight is 620 g/mol. The molecule has 2 amide bonds. The lowest BCUT2D eigenvalue weighted by Crippen LogP contribution is -2.70. The summed E-state index contributed by atoms with van der Waals surface area (Å²) < 4.78 is 1.65. The molecule has 0 spiro atoms. The summed E-state index contributed by atoms with van der Waals surface area (Å²) in [5, 5.41) is 13.1. The van der Waals surface area contributed by atoms with E-state index in [2.05, 4.69) is 10.3 Å². The van der Waals surface area contributed by atoms with E-state index in [4.69, 9.17) is 52.8 Å². The lowest BCUT2D eigenvalue weighted by Gasteiger charge is -2.49. The zero-order chi connectivity index (χ0) is 26.9. The van der Waals surface area contributed by atoms with Crippen LogP contribution in [0.15, 0.2) is 46.8 Å². The molecule has 0 aliphatic carbocycles. The molecular weight excluding hydrogens is 601 g/mol. The van der Waals surface area contributed by atoms with Gasteiger partial charge in [0.25, 0.3) is 11.8 Å². The molecule has 0 radical (unpaired) electrons. The summed E-state index contributed by atoms with van der Waals surface area (Å²) in [6.45, 7) is 0.0734. The van der Waals surface area contributed by atoms with Gasteiger partial charge in [-0.25, -0.2) is 9.78 Å². The number of β-lactam (4-membered cyclic amide) rings is 1. The van der Waals surface area contributed by atoms with Crippen molar-refractivity contribution in [3.63, 3.8) is 0 Å². The van der Waals surface area contributed by atoms with Gasteiger partial charge in [-0.05, 0) is 11.6 Å². The molecule has 9 nitrogen and oxygen atoms in total. The van der Waals surface area contributed by atoms with Crippen molar-refractivity contribution in [2.75, 3.05) is 11.5 Å². The van der Waals surface area contributed by atoms with Crippen molar-refractivity contribution >= 4 is 93.3 Å². The zero-order valence-electron chi connectivity index (χ0n) is 18.8. The van der Waals surface area contributed by atoms with E-state index in [1.807, 2.05) is 12.1 Å². The normalized spacial score (nSPS) is 18.8. The molecule has 4 N–H and O–H groups in total. The molecule has 4 rings (SSSR count). The number of aromatic nitrogens is 2. The van der Waals surface area contributed by atoms with E-state index in [-0.39, 0.29) is 34.7 Å². The van der Waals surface area contributed by atoms with E-state index < -0.39 is 23.3 Å². The van der Waals surface area contributed by atoms with Crippen molar-refractivity contribution in [2.45, 2.75) is 29.3 Å². The molecule has 2 atom stereocenters. The molecule has 0 aromatic carbocycles. The van der Waals surface area contributed by atoms with Crippen molar-refractivity contribution < 1.29 is 24.1 Å². The first-order valence-electron chi connectivity index (χ1n) is 10.6. The molecule has 1 saturated heterocycles. The number of primary amides is 1. The summed E-state index contributed by atoms with van der Waals surface area (Å²) in [6, 6.07) is 4.44. The Morgan fingerprint density at radius 1 is 1.30 bits per heavy atom. The molecule has 2 aliphatic rings. The largest absolute Gasteiger partial charge is 0.477 e. The number of nitrogens with one attached hydrogen (secondary N) is 1. The number of thioether (sulfide) groups is 2. The van der Waals surface area contributed by atoms with Crippen LogP contribution < -0.4 is 15.6 Å². The monoisotopic (exact) mass is 618 g/mol. The number of hydrogen-bond acceptors (Lipinski definition) is 7. The molecule has 0 bridgehead atoms. The standard InChI is InChI=1S/C22H18Cl3N5O4S3/c23-12-5-13(24)19(25)27-14(12)6-16(35)28-17-20(32)30-18(22(33)34)10(9-37-21(17)30)8-36-11-1-3-29(4-2-11)7-15(26)31/h1-5,17,21H,6-9H2,(H3-,26,28,31,33,34,35)/p+1/t17-,21+/m0/s1. The van der Waals surface area contributed by atoms with Crippen molar-refractivity contribution in [1.29, 1.82) is 0 Å². The van der Waals surface area contributed by atoms with E-state index in [0.29, 0.717) is 32.8 Å². The number of carboxylic acids is 1. The van der Waals surface area contributed by atoms with Crippen LogP contribution in [0.5, 0.6) is 0 Å². The van der Waals surface area contributed by atoms with E-state index in [1.165, 1.54) is 34.5 Å². The highest BCUT2D eigenvalue weighted by atomic mass is 35.5. The van der Waals surface area contributed by atoms with Crippen molar-refractivity contribution in [2.24, 2.45) is 5.73 Å². The Hall–Kier alpha value is -2.09. The van der Waals surface area contributed by atoms with Crippen molar-refractivity contribution in [3.8, 4) is 0 Å². The third-order valence-corrected chi connectivity index (χ3v) is 9.17. The Labute approximate surface area is 240 Å². The summed E-state index contributed by atoms with van der Waals surface area (Å²) in [5.41, 5.74) is 6.26. The fourth-order valence-electron chi connectivity index (χ4n) is 3.77. The number of thiocarbonyl (C=S) groups is 1. The van der Waals surface area contributed by atoms with Gasteiger partial charge in [-0.1, -0.05) is 47.0 Å². The number of carbonyl (C=O) groups is 3. The molecule has 4 heterocycles. The van der Waals surface area contributed by atoms with Crippen LogP contribution in [0.1, 0.15) is 5.69 Å². The van der Waals surface area contributed by atoms with E-state index in [9.17, 15) is 19.5 Å².